The fraction of sp³-hybridized carbons (Fsp3) is 0.750. The molecule has 0 fully saturated rings. The summed E-state index contributed by atoms with van der Waals surface area (Å²) in [5.74, 6) is -1.79. The first kappa shape index (κ1) is 12.0. The Kier molecular flexibility index (Phi) is 6.16. The maximum absolute atomic E-state index is 9.67. The number of quaternary nitrogens is 1. The Morgan fingerprint density at radius 1 is 1.50 bits per heavy atom. The zero-order chi connectivity index (χ0) is 7.44. The first-order chi connectivity index (χ1) is 4.09. The van der Waals surface area contributed by atoms with Crippen LogP contribution in [-0.2, 0) is 4.79 Å². The lowest BCUT2D eigenvalue weighted by atomic mass is 10.2. The second kappa shape index (κ2) is 5.12. The van der Waals surface area contributed by atoms with E-state index in [1.165, 1.54) is 0 Å². The molecule has 0 saturated carbocycles. The maximum atomic E-state index is 9.67. The molecule has 7 N–H and O–H groups in total. The first-order valence-electron chi connectivity index (χ1n) is 2.27. The van der Waals surface area contributed by atoms with Crippen molar-refractivity contribution in [3.8, 4) is 0 Å². The van der Waals surface area contributed by atoms with E-state index in [1.807, 2.05) is 0 Å². The van der Waals surface area contributed by atoms with Gasteiger partial charge in [-0.05, 0) is 0 Å². The van der Waals surface area contributed by atoms with Crippen molar-refractivity contribution in [2.24, 2.45) is 0 Å². The van der Waals surface area contributed by atoms with Crippen molar-refractivity contribution in [3.63, 3.8) is 0 Å². The molecule has 0 saturated heterocycles. The molecule has 62 valence electrons. The molecule has 0 bridgehead atoms. The van der Waals surface area contributed by atoms with Crippen LogP contribution >= 0.6 is 0 Å². The van der Waals surface area contributed by atoms with Crippen LogP contribution in [0.2, 0.25) is 0 Å². The summed E-state index contributed by atoms with van der Waals surface area (Å²) in [6.45, 7) is -0.796. The molecular formula is C4H11NO5. The normalized spacial score (nSPS) is 15.1. The Bertz CT molecular complexity index is 106. The van der Waals surface area contributed by atoms with E-state index in [-0.39, 0.29) is 6.15 Å². The highest BCUT2D eigenvalue weighted by Gasteiger charge is 2.14. The van der Waals surface area contributed by atoms with Gasteiger partial charge in [-0.2, -0.15) is 0 Å². The molecule has 0 aliphatic carbocycles. The van der Waals surface area contributed by atoms with Crippen molar-refractivity contribution >= 4 is 5.97 Å². The van der Waals surface area contributed by atoms with Crippen LogP contribution in [0, 0.1) is 0 Å². The SMILES string of the molecule is O=C([O-])[C@@H](O)[C@H](O)CO.[NH4+]. The molecular weight excluding hydrogens is 142 g/mol. The third-order valence-corrected chi connectivity index (χ3v) is 0.793. The van der Waals surface area contributed by atoms with Gasteiger partial charge in [0.25, 0.3) is 0 Å². The summed E-state index contributed by atoms with van der Waals surface area (Å²) in [4.78, 5) is 9.67. The molecule has 0 amide bonds. The average Bonchev–Trinajstić information content (AvgIpc) is 1.84. The zero-order valence-electron chi connectivity index (χ0n) is 5.52. The Morgan fingerprint density at radius 2 is 1.90 bits per heavy atom. The molecule has 0 unspecified atom stereocenters. The van der Waals surface area contributed by atoms with E-state index < -0.39 is 24.8 Å². The Hall–Kier alpha value is -0.690. The predicted octanol–water partition coefficient (Wildman–Crippen LogP) is -3.17. The number of aliphatic carboxylic acids is 1. The molecule has 0 aromatic carbocycles. The molecule has 0 spiro atoms. The molecule has 0 aliphatic rings. The lowest BCUT2D eigenvalue weighted by Gasteiger charge is -2.15. The summed E-state index contributed by atoms with van der Waals surface area (Å²) in [5, 5.41) is 34.4. The third kappa shape index (κ3) is 3.36. The van der Waals surface area contributed by atoms with E-state index >= 15 is 0 Å². The van der Waals surface area contributed by atoms with Crippen molar-refractivity contribution in [2.75, 3.05) is 6.61 Å². The minimum atomic E-state index is -2.00. The fourth-order valence-electron chi connectivity index (χ4n) is 0.257. The predicted molar refractivity (Wildman–Crippen MR) is 30.1 cm³/mol. The van der Waals surface area contributed by atoms with Gasteiger partial charge in [0.2, 0.25) is 0 Å². The molecule has 2 atom stereocenters. The zero-order valence-corrected chi connectivity index (χ0v) is 5.52. The maximum Gasteiger partial charge on any atom is 0.121 e. The molecule has 0 rings (SSSR count). The van der Waals surface area contributed by atoms with Gasteiger partial charge in [0, 0.05) is 0 Å². The molecule has 6 heteroatoms. The molecule has 6 nitrogen and oxygen atoms in total. The fourth-order valence-corrected chi connectivity index (χ4v) is 0.257. The van der Waals surface area contributed by atoms with Gasteiger partial charge in [0.15, 0.2) is 0 Å². The van der Waals surface area contributed by atoms with Gasteiger partial charge in [-0.15, -0.1) is 0 Å². The minimum Gasteiger partial charge on any atom is -0.547 e. The van der Waals surface area contributed by atoms with Crippen molar-refractivity contribution in [2.45, 2.75) is 12.2 Å². The van der Waals surface area contributed by atoms with Crippen LogP contribution in [0.15, 0.2) is 0 Å². The van der Waals surface area contributed by atoms with E-state index in [9.17, 15) is 9.90 Å². The summed E-state index contributed by atoms with van der Waals surface area (Å²) >= 11 is 0. The number of hydrogen-bond donors (Lipinski definition) is 4. The van der Waals surface area contributed by atoms with E-state index in [0.717, 1.165) is 0 Å². The second-order valence-corrected chi connectivity index (χ2v) is 1.51. The number of aliphatic hydroxyl groups is 3. The van der Waals surface area contributed by atoms with Crippen LogP contribution in [0.5, 0.6) is 0 Å². The van der Waals surface area contributed by atoms with Gasteiger partial charge in [0.05, 0.1) is 12.6 Å². The van der Waals surface area contributed by atoms with Crippen LogP contribution in [0.1, 0.15) is 0 Å². The molecule has 0 heterocycles. The van der Waals surface area contributed by atoms with Gasteiger partial charge in [-0.25, -0.2) is 0 Å². The highest BCUT2D eigenvalue weighted by atomic mass is 16.4. The van der Waals surface area contributed by atoms with Gasteiger partial charge < -0.3 is 31.4 Å². The number of carboxylic acids is 1. The number of rotatable bonds is 3. The number of carboxylic acid groups (broad SMARTS) is 1. The summed E-state index contributed by atoms with van der Waals surface area (Å²) in [6, 6.07) is 0. The summed E-state index contributed by atoms with van der Waals surface area (Å²) < 4.78 is 0. The summed E-state index contributed by atoms with van der Waals surface area (Å²) in [7, 11) is 0. The first-order valence-corrected chi connectivity index (χ1v) is 2.27. The van der Waals surface area contributed by atoms with Gasteiger partial charge >= 0.3 is 0 Å². The standard InChI is InChI=1S/C4H8O5.H3N/c5-1-2(6)3(7)4(8)9;/h2-3,5-7H,1H2,(H,8,9);1H3/t2-,3+;/m1./s1. The van der Waals surface area contributed by atoms with Crippen LogP contribution in [0.3, 0.4) is 0 Å². The van der Waals surface area contributed by atoms with Gasteiger partial charge in [-0.1, -0.05) is 0 Å². The molecule has 0 aromatic rings. The lowest BCUT2D eigenvalue weighted by molar-refractivity contribution is -0.318. The van der Waals surface area contributed by atoms with Gasteiger partial charge in [-0.3, -0.25) is 0 Å². The number of aliphatic hydroxyl groups excluding tert-OH is 3. The van der Waals surface area contributed by atoms with Crippen LogP contribution in [-0.4, -0.2) is 40.1 Å². The van der Waals surface area contributed by atoms with E-state index in [4.69, 9.17) is 15.3 Å². The monoisotopic (exact) mass is 153 g/mol. The number of carbonyl (C=O) groups is 1. The highest BCUT2D eigenvalue weighted by molar-refractivity contribution is 5.70. The molecule has 10 heavy (non-hydrogen) atoms. The van der Waals surface area contributed by atoms with E-state index in [2.05, 4.69) is 0 Å². The smallest absolute Gasteiger partial charge is 0.121 e. The van der Waals surface area contributed by atoms with Crippen LogP contribution in [0.4, 0.5) is 0 Å². The van der Waals surface area contributed by atoms with E-state index in [1.54, 1.807) is 0 Å². The van der Waals surface area contributed by atoms with Crippen LogP contribution in [0.25, 0.3) is 0 Å². The number of carbonyl (C=O) groups excluding carboxylic acids is 1. The summed E-state index contributed by atoms with van der Waals surface area (Å²) in [6.07, 6.45) is -3.66. The summed E-state index contributed by atoms with van der Waals surface area (Å²) in [5.41, 5.74) is 0. The van der Waals surface area contributed by atoms with Crippen LogP contribution < -0.4 is 11.3 Å². The minimum absolute atomic E-state index is 0. The van der Waals surface area contributed by atoms with Crippen molar-refractivity contribution in [1.29, 1.82) is 0 Å². The largest absolute Gasteiger partial charge is 0.547 e. The Balaban J connectivity index is 0. The van der Waals surface area contributed by atoms with Crippen molar-refractivity contribution < 1.29 is 25.2 Å². The Morgan fingerprint density at radius 3 is 2.00 bits per heavy atom. The molecule has 0 aliphatic heterocycles. The van der Waals surface area contributed by atoms with Gasteiger partial charge in [0.1, 0.15) is 12.2 Å². The molecule has 0 radical (unpaired) electrons. The third-order valence-electron chi connectivity index (χ3n) is 0.793. The average molecular weight is 153 g/mol. The molecule has 0 aromatic heterocycles. The number of hydrogen-bond acceptors (Lipinski definition) is 5. The van der Waals surface area contributed by atoms with Crippen molar-refractivity contribution in [3.05, 3.63) is 0 Å². The Labute approximate surface area is 57.3 Å². The second-order valence-electron chi connectivity index (χ2n) is 1.51. The highest BCUT2D eigenvalue weighted by Crippen LogP contribution is 1.88. The van der Waals surface area contributed by atoms with E-state index in [0.29, 0.717) is 0 Å². The van der Waals surface area contributed by atoms with Crippen molar-refractivity contribution in [1.82, 2.24) is 6.15 Å². The quantitative estimate of drug-likeness (QED) is 0.339. The lowest BCUT2D eigenvalue weighted by Crippen LogP contribution is -2.44. The topological polar surface area (TPSA) is 137 Å².